The summed E-state index contributed by atoms with van der Waals surface area (Å²) in [5.41, 5.74) is 3.28. The van der Waals surface area contributed by atoms with Crippen molar-refractivity contribution in [2.24, 2.45) is 0 Å². The second kappa shape index (κ2) is 7.37. The van der Waals surface area contributed by atoms with Crippen LogP contribution in [-0.2, 0) is 4.79 Å². The largest absolute Gasteiger partial charge is 0.482 e. The average Bonchev–Trinajstić information content (AvgIpc) is 2.59. The van der Waals surface area contributed by atoms with E-state index in [4.69, 9.17) is 4.74 Å². The normalized spacial score (nSPS) is 13.1. The molecule has 0 unspecified atom stereocenters. The van der Waals surface area contributed by atoms with Crippen molar-refractivity contribution in [1.29, 1.82) is 0 Å². The molecule has 0 fully saturated rings. The summed E-state index contributed by atoms with van der Waals surface area (Å²) in [7, 11) is 3.98. The van der Waals surface area contributed by atoms with Crippen LogP contribution < -0.4 is 9.64 Å². The highest BCUT2D eigenvalue weighted by Crippen LogP contribution is 2.32. The Balaban J connectivity index is 1.88. The molecule has 5 heteroatoms. The van der Waals surface area contributed by atoms with Gasteiger partial charge in [-0.3, -0.25) is 4.79 Å². The molecule has 1 aromatic heterocycles. The van der Waals surface area contributed by atoms with Crippen molar-refractivity contribution >= 4 is 11.6 Å². The first kappa shape index (κ1) is 17.0. The number of amides is 1. The summed E-state index contributed by atoms with van der Waals surface area (Å²) in [6.07, 6.45) is 0. The molecule has 1 amide bonds. The van der Waals surface area contributed by atoms with E-state index in [-0.39, 0.29) is 12.5 Å². The number of anilines is 1. The summed E-state index contributed by atoms with van der Waals surface area (Å²) >= 11 is 0. The van der Waals surface area contributed by atoms with Crippen LogP contribution in [0.5, 0.6) is 5.75 Å². The van der Waals surface area contributed by atoms with E-state index in [1.165, 1.54) is 0 Å². The summed E-state index contributed by atoms with van der Waals surface area (Å²) in [4.78, 5) is 20.4. The van der Waals surface area contributed by atoms with Gasteiger partial charge in [0.05, 0.1) is 5.69 Å². The van der Waals surface area contributed by atoms with Gasteiger partial charge in [-0.25, -0.2) is 4.98 Å². The van der Waals surface area contributed by atoms with Crippen LogP contribution in [0.2, 0.25) is 0 Å². The van der Waals surface area contributed by atoms with E-state index in [0.29, 0.717) is 6.54 Å². The third-order valence-corrected chi connectivity index (χ3v) is 3.90. The van der Waals surface area contributed by atoms with Crippen LogP contribution in [-0.4, -0.2) is 49.6 Å². The molecule has 0 bridgehead atoms. The van der Waals surface area contributed by atoms with E-state index in [0.717, 1.165) is 34.9 Å². The average molecular weight is 335 g/mol. The molecule has 5 nitrogen and oxygen atoms in total. The third-order valence-electron chi connectivity index (χ3n) is 3.90. The Morgan fingerprint density at radius 3 is 2.84 bits per heavy atom. The Hall–Kier alpha value is -2.84. The number of likely N-dealkylation sites (N-methyl/N-ethyl adjacent to an activating group) is 1. The molecule has 0 atom stereocenters. The van der Waals surface area contributed by atoms with Gasteiger partial charge in [0.1, 0.15) is 11.4 Å². The molecule has 3 rings (SSSR count). The molecule has 1 aliphatic rings. The number of ether oxygens (including phenoxy) is 1. The lowest BCUT2D eigenvalue weighted by Gasteiger charge is -2.30. The maximum atomic E-state index is 12.2. The lowest BCUT2D eigenvalue weighted by Crippen LogP contribution is -2.42. The standard InChI is InChI=1S/C20H21N3O2/c1-15-5-4-6-17(21-15)9-7-16-8-10-19-18(13-16)23(12-11-22(2)3)20(24)14-25-19/h4-6,8,10,13H,11-12,14H2,1-3H3. The van der Waals surface area contributed by atoms with Gasteiger partial charge in [0.15, 0.2) is 6.61 Å². The Labute approximate surface area is 148 Å². The van der Waals surface area contributed by atoms with Gasteiger partial charge >= 0.3 is 0 Å². The van der Waals surface area contributed by atoms with Gasteiger partial charge in [-0.05, 0) is 57.3 Å². The summed E-state index contributed by atoms with van der Waals surface area (Å²) in [6, 6.07) is 11.4. The molecule has 1 aliphatic heterocycles. The number of hydrogen-bond acceptors (Lipinski definition) is 4. The maximum absolute atomic E-state index is 12.2. The van der Waals surface area contributed by atoms with Gasteiger partial charge in [-0.2, -0.15) is 0 Å². The first-order valence-electron chi connectivity index (χ1n) is 8.20. The fourth-order valence-electron chi connectivity index (χ4n) is 2.57. The molecular formula is C20H21N3O2. The number of carbonyl (C=O) groups excluding carboxylic acids is 1. The van der Waals surface area contributed by atoms with Crippen LogP contribution in [0, 0.1) is 18.8 Å². The Morgan fingerprint density at radius 2 is 2.08 bits per heavy atom. The first-order chi connectivity index (χ1) is 12.0. The van der Waals surface area contributed by atoms with Crippen molar-refractivity contribution in [2.45, 2.75) is 6.92 Å². The molecule has 0 radical (unpaired) electrons. The molecule has 0 N–H and O–H groups in total. The topological polar surface area (TPSA) is 45.7 Å². The van der Waals surface area contributed by atoms with E-state index in [9.17, 15) is 4.79 Å². The molecule has 2 heterocycles. The van der Waals surface area contributed by atoms with Crippen molar-refractivity contribution in [3.63, 3.8) is 0 Å². The summed E-state index contributed by atoms with van der Waals surface area (Å²) in [5, 5.41) is 0. The molecule has 1 aromatic carbocycles. The number of aromatic nitrogens is 1. The maximum Gasteiger partial charge on any atom is 0.265 e. The summed E-state index contributed by atoms with van der Waals surface area (Å²) < 4.78 is 5.54. The number of benzene rings is 1. The quantitative estimate of drug-likeness (QED) is 0.806. The predicted octanol–water partition coefficient (Wildman–Crippen LogP) is 2.08. The van der Waals surface area contributed by atoms with E-state index >= 15 is 0 Å². The van der Waals surface area contributed by atoms with Gasteiger partial charge in [-0.15, -0.1) is 0 Å². The highest BCUT2D eigenvalue weighted by Gasteiger charge is 2.25. The summed E-state index contributed by atoms with van der Waals surface area (Å²) in [6.45, 7) is 3.43. The second-order valence-electron chi connectivity index (χ2n) is 6.23. The third kappa shape index (κ3) is 4.17. The van der Waals surface area contributed by atoms with E-state index < -0.39 is 0 Å². The minimum absolute atomic E-state index is 0.0280. The lowest BCUT2D eigenvalue weighted by atomic mass is 10.1. The van der Waals surface area contributed by atoms with E-state index in [1.807, 2.05) is 57.4 Å². The molecular weight excluding hydrogens is 314 g/mol. The number of fused-ring (bicyclic) bond motifs is 1. The predicted molar refractivity (Wildman–Crippen MR) is 97.8 cm³/mol. The molecule has 0 saturated heterocycles. The van der Waals surface area contributed by atoms with Crippen LogP contribution in [0.4, 0.5) is 5.69 Å². The first-order valence-corrected chi connectivity index (χ1v) is 8.20. The van der Waals surface area contributed by atoms with Crippen LogP contribution >= 0.6 is 0 Å². The number of rotatable bonds is 3. The van der Waals surface area contributed by atoms with Crippen LogP contribution in [0.1, 0.15) is 17.0 Å². The molecule has 0 aliphatic carbocycles. The SMILES string of the molecule is Cc1cccc(C#Cc2ccc3c(c2)N(CCN(C)C)C(=O)CO3)n1. The number of aryl methyl sites for hydroxylation is 1. The smallest absolute Gasteiger partial charge is 0.265 e. The van der Waals surface area contributed by atoms with Gasteiger partial charge in [0.25, 0.3) is 5.91 Å². The van der Waals surface area contributed by atoms with E-state index in [2.05, 4.69) is 21.7 Å². The minimum Gasteiger partial charge on any atom is -0.482 e. The monoisotopic (exact) mass is 335 g/mol. The van der Waals surface area contributed by atoms with Crippen LogP contribution in [0.15, 0.2) is 36.4 Å². The van der Waals surface area contributed by atoms with Gasteiger partial charge in [-0.1, -0.05) is 12.0 Å². The number of hydrogen-bond donors (Lipinski definition) is 0. The van der Waals surface area contributed by atoms with Crippen LogP contribution in [0.3, 0.4) is 0 Å². The molecule has 0 saturated carbocycles. The van der Waals surface area contributed by atoms with E-state index in [1.54, 1.807) is 4.90 Å². The van der Waals surface area contributed by atoms with Gasteiger partial charge < -0.3 is 14.5 Å². The summed E-state index contributed by atoms with van der Waals surface area (Å²) in [5.74, 6) is 6.89. The highest BCUT2D eigenvalue weighted by atomic mass is 16.5. The molecule has 0 spiro atoms. The zero-order valence-corrected chi connectivity index (χ0v) is 14.7. The van der Waals surface area contributed by atoms with Crippen molar-refractivity contribution in [2.75, 3.05) is 38.7 Å². The van der Waals surface area contributed by atoms with Gasteiger partial charge in [0.2, 0.25) is 0 Å². The van der Waals surface area contributed by atoms with Crippen LogP contribution in [0.25, 0.3) is 0 Å². The lowest BCUT2D eigenvalue weighted by molar-refractivity contribution is -0.121. The zero-order valence-electron chi connectivity index (χ0n) is 14.7. The van der Waals surface area contributed by atoms with Crippen molar-refractivity contribution in [1.82, 2.24) is 9.88 Å². The molecule has 2 aromatic rings. The fraction of sp³-hybridized carbons (Fsp3) is 0.300. The number of nitrogens with zero attached hydrogens (tertiary/aromatic N) is 3. The van der Waals surface area contributed by atoms with Gasteiger partial charge in [0, 0.05) is 24.3 Å². The Morgan fingerprint density at radius 1 is 1.24 bits per heavy atom. The van der Waals surface area contributed by atoms with Crippen molar-refractivity contribution in [3.8, 4) is 17.6 Å². The Bertz CT molecular complexity index is 850. The molecule has 128 valence electrons. The second-order valence-corrected chi connectivity index (χ2v) is 6.23. The highest BCUT2D eigenvalue weighted by molar-refractivity contribution is 5.98. The fourth-order valence-corrected chi connectivity index (χ4v) is 2.57. The van der Waals surface area contributed by atoms with Crippen molar-refractivity contribution < 1.29 is 9.53 Å². The minimum atomic E-state index is -0.0280. The molecule has 25 heavy (non-hydrogen) atoms. The van der Waals surface area contributed by atoms with Crippen molar-refractivity contribution in [3.05, 3.63) is 53.3 Å². The Kier molecular flexibility index (Phi) is 5.01. The number of carbonyl (C=O) groups is 1. The zero-order chi connectivity index (χ0) is 17.8. The number of pyridine rings is 1.